The Balaban J connectivity index is 1.44. The second kappa shape index (κ2) is 7.75. The van der Waals surface area contributed by atoms with Gasteiger partial charge in [0, 0.05) is 12.5 Å². The maximum Gasteiger partial charge on any atom is 0.407 e. The Morgan fingerprint density at radius 3 is 2.21 bits per heavy atom. The molecule has 0 saturated carbocycles. The van der Waals surface area contributed by atoms with Crippen LogP contribution in [0.15, 0.2) is 66.7 Å². The van der Waals surface area contributed by atoms with Crippen molar-refractivity contribution in [3.8, 4) is 11.1 Å². The lowest BCUT2D eigenvalue weighted by molar-refractivity contribution is 0.0695. The molecule has 4 rings (SSSR count). The summed E-state index contributed by atoms with van der Waals surface area (Å²) in [5.74, 6) is -1.83. The van der Waals surface area contributed by atoms with Gasteiger partial charge in [-0.2, -0.15) is 0 Å². The molecule has 3 aromatic rings. The van der Waals surface area contributed by atoms with Crippen molar-refractivity contribution in [2.75, 3.05) is 6.61 Å². The molecule has 2 N–H and O–H groups in total. The summed E-state index contributed by atoms with van der Waals surface area (Å²) < 4.78 is 18.8. The molecule has 1 amide bonds. The number of hydrogen-bond donors (Lipinski definition) is 2. The minimum atomic E-state index is -1.19. The quantitative estimate of drug-likeness (QED) is 0.668. The third kappa shape index (κ3) is 3.69. The van der Waals surface area contributed by atoms with E-state index in [-0.39, 0.29) is 30.2 Å². The van der Waals surface area contributed by atoms with Crippen molar-refractivity contribution in [3.63, 3.8) is 0 Å². The predicted octanol–water partition coefficient (Wildman–Crippen LogP) is 4.56. The van der Waals surface area contributed by atoms with Crippen molar-refractivity contribution in [1.82, 2.24) is 5.32 Å². The van der Waals surface area contributed by atoms with E-state index in [2.05, 4.69) is 5.32 Å². The van der Waals surface area contributed by atoms with Crippen LogP contribution in [0.4, 0.5) is 9.18 Å². The molecule has 0 spiro atoms. The fourth-order valence-corrected chi connectivity index (χ4v) is 3.73. The SMILES string of the molecule is O=C(NCc1cc(F)ccc1C(=O)O)OCC1c2ccccc2-c2ccccc21. The van der Waals surface area contributed by atoms with Gasteiger partial charge in [0.15, 0.2) is 0 Å². The average Bonchev–Trinajstić information content (AvgIpc) is 3.04. The third-order valence-corrected chi connectivity index (χ3v) is 5.06. The first-order chi connectivity index (χ1) is 14.0. The summed E-state index contributed by atoms with van der Waals surface area (Å²) in [6, 6.07) is 19.3. The van der Waals surface area contributed by atoms with E-state index >= 15 is 0 Å². The first kappa shape index (κ1) is 18.7. The van der Waals surface area contributed by atoms with Crippen molar-refractivity contribution in [1.29, 1.82) is 0 Å². The molecule has 29 heavy (non-hydrogen) atoms. The van der Waals surface area contributed by atoms with Crippen LogP contribution < -0.4 is 5.32 Å². The minimum absolute atomic E-state index is 0.0645. The second-order valence-electron chi connectivity index (χ2n) is 6.79. The lowest BCUT2D eigenvalue weighted by Crippen LogP contribution is -2.26. The number of alkyl carbamates (subject to hydrolysis) is 1. The highest BCUT2D eigenvalue weighted by Gasteiger charge is 2.29. The Labute approximate surface area is 166 Å². The number of fused-ring (bicyclic) bond motifs is 3. The van der Waals surface area contributed by atoms with E-state index in [4.69, 9.17) is 4.74 Å². The molecular formula is C23H18FNO4. The zero-order chi connectivity index (χ0) is 20.4. The minimum Gasteiger partial charge on any atom is -0.478 e. The fraction of sp³-hybridized carbons (Fsp3) is 0.130. The van der Waals surface area contributed by atoms with E-state index in [0.717, 1.165) is 34.4 Å². The molecule has 0 unspecified atom stereocenters. The molecule has 1 aliphatic rings. The number of ether oxygens (including phenoxy) is 1. The van der Waals surface area contributed by atoms with Gasteiger partial charge in [-0.15, -0.1) is 0 Å². The Morgan fingerprint density at radius 1 is 0.966 bits per heavy atom. The van der Waals surface area contributed by atoms with Crippen molar-refractivity contribution in [2.45, 2.75) is 12.5 Å². The smallest absolute Gasteiger partial charge is 0.407 e. The Morgan fingerprint density at radius 2 is 1.59 bits per heavy atom. The van der Waals surface area contributed by atoms with Crippen molar-refractivity contribution < 1.29 is 23.8 Å². The van der Waals surface area contributed by atoms with Crippen LogP contribution in [0.3, 0.4) is 0 Å². The number of hydrogen-bond acceptors (Lipinski definition) is 3. The van der Waals surface area contributed by atoms with Crippen LogP contribution in [-0.2, 0) is 11.3 Å². The maximum absolute atomic E-state index is 13.4. The van der Waals surface area contributed by atoms with Crippen LogP contribution >= 0.6 is 0 Å². The van der Waals surface area contributed by atoms with Gasteiger partial charge in [0.05, 0.1) is 5.56 Å². The number of benzene rings is 3. The summed E-state index contributed by atoms with van der Waals surface area (Å²) in [4.78, 5) is 23.4. The van der Waals surface area contributed by atoms with Gasteiger partial charge in [-0.3, -0.25) is 0 Å². The number of rotatable bonds is 5. The van der Waals surface area contributed by atoms with E-state index in [1.54, 1.807) is 0 Å². The van der Waals surface area contributed by atoms with Gasteiger partial charge in [0.25, 0.3) is 0 Å². The summed E-state index contributed by atoms with van der Waals surface area (Å²) >= 11 is 0. The third-order valence-electron chi connectivity index (χ3n) is 5.06. The van der Waals surface area contributed by atoms with E-state index in [1.807, 2.05) is 48.5 Å². The van der Waals surface area contributed by atoms with Crippen LogP contribution in [0.1, 0.15) is 33.0 Å². The van der Waals surface area contributed by atoms with Crippen molar-refractivity contribution >= 4 is 12.1 Å². The molecule has 5 nitrogen and oxygen atoms in total. The highest BCUT2D eigenvalue weighted by atomic mass is 19.1. The lowest BCUT2D eigenvalue weighted by Gasteiger charge is -2.15. The molecule has 0 aliphatic heterocycles. The predicted molar refractivity (Wildman–Crippen MR) is 105 cm³/mol. The van der Waals surface area contributed by atoms with Gasteiger partial charge in [-0.1, -0.05) is 48.5 Å². The molecule has 0 saturated heterocycles. The lowest BCUT2D eigenvalue weighted by atomic mass is 9.98. The number of nitrogens with one attached hydrogen (secondary N) is 1. The number of aromatic carboxylic acids is 1. The summed E-state index contributed by atoms with van der Waals surface area (Å²) in [7, 11) is 0. The number of halogens is 1. The molecule has 0 bridgehead atoms. The zero-order valence-corrected chi connectivity index (χ0v) is 15.4. The van der Waals surface area contributed by atoms with Gasteiger partial charge in [-0.25, -0.2) is 14.0 Å². The van der Waals surface area contributed by atoms with Crippen molar-refractivity contribution in [3.05, 3.63) is 94.8 Å². The van der Waals surface area contributed by atoms with Crippen LogP contribution in [-0.4, -0.2) is 23.8 Å². The number of carbonyl (C=O) groups excluding carboxylic acids is 1. The molecular weight excluding hydrogens is 373 g/mol. The normalized spacial score (nSPS) is 12.2. The van der Waals surface area contributed by atoms with Gasteiger partial charge >= 0.3 is 12.1 Å². The van der Waals surface area contributed by atoms with Crippen molar-refractivity contribution in [2.24, 2.45) is 0 Å². The molecule has 0 heterocycles. The van der Waals surface area contributed by atoms with E-state index in [0.29, 0.717) is 0 Å². The molecule has 146 valence electrons. The Hall–Kier alpha value is -3.67. The van der Waals surface area contributed by atoms with Gasteiger partial charge in [0.2, 0.25) is 0 Å². The van der Waals surface area contributed by atoms with Crippen LogP contribution in [0.2, 0.25) is 0 Å². The van der Waals surface area contributed by atoms with Gasteiger partial charge in [0.1, 0.15) is 12.4 Å². The summed E-state index contributed by atoms with van der Waals surface area (Å²) in [6.45, 7) is 0.00483. The molecule has 1 aliphatic carbocycles. The number of amides is 1. The average molecular weight is 391 g/mol. The Kier molecular flexibility index (Phi) is 4.99. The summed E-state index contributed by atoms with van der Waals surface area (Å²) in [5.41, 5.74) is 4.56. The number of carboxylic acid groups (broad SMARTS) is 1. The molecule has 0 aromatic heterocycles. The molecule has 6 heteroatoms. The molecule has 0 radical (unpaired) electrons. The topological polar surface area (TPSA) is 75.6 Å². The fourth-order valence-electron chi connectivity index (χ4n) is 3.73. The molecule has 0 atom stereocenters. The maximum atomic E-state index is 13.4. The summed E-state index contributed by atoms with van der Waals surface area (Å²) in [6.07, 6.45) is -0.688. The van der Waals surface area contributed by atoms with Crippen LogP contribution in [0, 0.1) is 5.82 Å². The highest BCUT2D eigenvalue weighted by molar-refractivity contribution is 5.89. The van der Waals surface area contributed by atoms with Gasteiger partial charge in [-0.05, 0) is 46.0 Å². The molecule has 0 fully saturated rings. The number of carboxylic acids is 1. The summed E-state index contributed by atoms with van der Waals surface area (Å²) in [5, 5.41) is 11.7. The van der Waals surface area contributed by atoms with Crippen LogP contribution in [0.25, 0.3) is 11.1 Å². The van der Waals surface area contributed by atoms with E-state index < -0.39 is 17.9 Å². The first-order valence-corrected chi connectivity index (χ1v) is 9.15. The second-order valence-corrected chi connectivity index (χ2v) is 6.79. The highest BCUT2D eigenvalue weighted by Crippen LogP contribution is 2.44. The van der Waals surface area contributed by atoms with E-state index in [1.165, 1.54) is 6.07 Å². The Bertz CT molecular complexity index is 1050. The monoisotopic (exact) mass is 391 g/mol. The van der Waals surface area contributed by atoms with E-state index in [9.17, 15) is 19.1 Å². The zero-order valence-electron chi connectivity index (χ0n) is 15.4. The largest absolute Gasteiger partial charge is 0.478 e. The number of carbonyl (C=O) groups is 2. The standard InChI is InChI=1S/C23H18FNO4/c24-15-9-10-16(22(26)27)14(11-15)12-25-23(28)29-13-21-19-7-3-1-5-17(19)18-6-2-4-8-20(18)21/h1-11,21H,12-13H2,(H,25,28)(H,26,27). The van der Waals surface area contributed by atoms with Crippen LogP contribution in [0.5, 0.6) is 0 Å². The molecule has 3 aromatic carbocycles. The first-order valence-electron chi connectivity index (χ1n) is 9.15. The van der Waals surface area contributed by atoms with Gasteiger partial charge < -0.3 is 15.2 Å².